The van der Waals surface area contributed by atoms with E-state index in [1.807, 2.05) is 0 Å². The number of rotatable bonds is 2. The Bertz CT molecular complexity index is 364. The molecule has 110 valence electrons. The smallest absolute Gasteiger partial charge is 0.0706 e. The van der Waals surface area contributed by atoms with Crippen LogP contribution in [0.5, 0.6) is 0 Å². The molecule has 2 unspecified atom stereocenters. The van der Waals surface area contributed by atoms with Gasteiger partial charge >= 0.3 is 0 Å². The van der Waals surface area contributed by atoms with Crippen LogP contribution < -0.4 is 0 Å². The first-order chi connectivity index (χ1) is 8.83. The van der Waals surface area contributed by atoms with Gasteiger partial charge in [-0.2, -0.15) is 0 Å². The molecule has 0 aromatic carbocycles. The summed E-state index contributed by atoms with van der Waals surface area (Å²) >= 11 is 0. The second-order valence-electron chi connectivity index (χ2n) is 8.22. The van der Waals surface area contributed by atoms with Crippen molar-refractivity contribution in [3.63, 3.8) is 0 Å². The first-order valence-electron chi connectivity index (χ1n) is 8.09. The highest BCUT2D eigenvalue weighted by Crippen LogP contribution is 2.71. The van der Waals surface area contributed by atoms with Gasteiger partial charge < -0.3 is 9.84 Å². The molecule has 0 amide bonds. The van der Waals surface area contributed by atoms with Crippen molar-refractivity contribution in [1.29, 1.82) is 0 Å². The lowest BCUT2D eigenvalue weighted by Gasteiger charge is -2.49. The lowest BCUT2D eigenvalue weighted by Crippen LogP contribution is -2.50. The van der Waals surface area contributed by atoms with Crippen LogP contribution in [0.15, 0.2) is 0 Å². The molecular weight excluding hydrogens is 236 g/mol. The van der Waals surface area contributed by atoms with Gasteiger partial charge in [0.2, 0.25) is 0 Å². The van der Waals surface area contributed by atoms with Crippen LogP contribution >= 0.6 is 0 Å². The van der Waals surface area contributed by atoms with Crippen molar-refractivity contribution in [2.45, 2.75) is 77.4 Å². The number of methoxy groups -OCH3 is 1. The zero-order chi connectivity index (χ0) is 13.9. The summed E-state index contributed by atoms with van der Waals surface area (Å²) in [5, 5.41) is 11.3. The van der Waals surface area contributed by atoms with E-state index in [-0.39, 0.29) is 6.10 Å². The zero-order valence-electron chi connectivity index (χ0n) is 13.0. The Kier molecular flexibility index (Phi) is 3.07. The monoisotopic (exact) mass is 266 g/mol. The average Bonchev–Trinajstić information content (AvgIpc) is 2.71. The van der Waals surface area contributed by atoms with Gasteiger partial charge in [-0.05, 0) is 61.2 Å². The highest BCUT2D eigenvalue weighted by Gasteiger charge is 2.65. The van der Waals surface area contributed by atoms with Gasteiger partial charge in [-0.15, -0.1) is 0 Å². The molecule has 3 fully saturated rings. The molecule has 1 N–H and O–H groups in total. The first kappa shape index (κ1) is 13.9. The quantitative estimate of drug-likeness (QED) is 0.824. The third-order valence-corrected chi connectivity index (χ3v) is 7.49. The molecule has 0 aromatic rings. The van der Waals surface area contributed by atoms with Crippen molar-refractivity contribution >= 4 is 0 Å². The van der Waals surface area contributed by atoms with Crippen LogP contribution in [0.25, 0.3) is 0 Å². The molecule has 3 saturated carbocycles. The van der Waals surface area contributed by atoms with Crippen LogP contribution in [-0.2, 0) is 4.74 Å². The minimum absolute atomic E-state index is 0.268. The van der Waals surface area contributed by atoms with Crippen LogP contribution in [0.3, 0.4) is 0 Å². The summed E-state index contributed by atoms with van der Waals surface area (Å²) in [5.41, 5.74) is 0.246. The van der Waals surface area contributed by atoms with Crippen molar-refractivity contribution in [3.05, 3.63) is 0 Å². The molecular formula is C17H30O2. The van der Waals surface area contributed by atoms with Gasteiger partial charge in [0, 0.05) is 13.5 Å². The van der Waals surface area contributed by atoms with Gasteiger partial charge in [0.05, 0.1) is 11.7 Å². The van der Waals surface area contributed by atoms with Crippen LogP contribution in [0.2, 0.25) is 0 Å². The predicted octanol–water partition coefficient (Wildman–Crippen LogP) is 3.77. The van der Waals surface area contributed by atoms with E-state index < -0.39 is 5.60 Å². The summed E-state index contributed by atoms with van der Waals surface area (Å²) in [7, 11) is 1.79. The number of hydrogen-bond donors (Lipinski definition) is 1. The summed E-state index contributed by atoms with van der Waals surface area (Å²) in [6.45, 7) is 7.31. The van der Waals surface area contributed by atoms with Crippen molar-refractivity contribution < 1.29 is 9.84 Å². The number of ether oxygens (including phenoxy) is 1. The number of fused-ring (bicyclic) bond motifs is 2. The van der Waals surface area contributed by atoms with E-state index in [0.717, 1.165) is 31.6 Å². The molecule has 2 nitrogen and oxygen atoms in total. The van der Waals surface area contributed by atoms with E-state index in [4.69, 9.17) is 4.74 Å². The van der Waals surface area contributed by atoms with E-state index >= 15 is 0 Å². The maximum Gasteiger partial charge on any atom is 0.0706 e. The van der Waals surface area contributed by atoms with Gasteiger partial charge in [0.15, 0.2) is 0 Å². The van der Waals surface area contributed by atoms with Crippen LogP contribution in [-0.4, -0.2) is 23.9 Å². The molecule has 2 heteroatoms. The fourth-order valence-electron chi connectivity index (χ4n) is 5.77. The molecule has 0 spiro atoms. The standard InChI is InChI=1S/C17H30O2/c1-15(2)12-7-9-16(15,3)14(10-12)17(18)8-5-6-13(11-17)19-4/h12-14,18H,5-11H2,1-4H3/t12-,13?,14-,16+,17?/m0/s1. The van der Waals surface area contributed by atoms with Crippen LogP contribution in [0.4, 0.5) is 0 Å². The number of hydrogen-bond acceptors (Lipinski definition) is 2. The lowest BCUT2D eigenvalue weighted by atomic mass is 9.59. The number of aliphatic hydroxyl groups is 1. The highest BCUT2D eigenvalue weighted by molar-refractivity contribution is 5.15. The third kappa shape index (κ3) is 1.75. The Labute approximate surface area is 117 Å². The molecule has 0 heterocycles. The van der Waals surface area contributed by atoms with Gasteiger partial charge in [0.25, 0.3) is 0 Å². The molecule has 3 aliphatic rings. The highest BCUT2D eigenvalue weighted by atomic mass is 16.5. The molecule has 3 aliphatic carbocycles. The van der Waals surface area contributed by atoms with Gasteiger partial charge in [0.1, 0.15) is 0 Å². The van der Waals surface area contributed by atoms with Gasteiger partial charge in [-0.3, -0.25) is 0 Å². The summed E-state index contributed by atoms with van der Waals surface area (Å²) in [6.07, 6.45) is 8.24. The largest absolute Gasteiger partial charge is 0.389 e. The van der Waals surface area contributed by atoms with Crippen molar-refractivity contribution in [2.75, 3.05) is 7.11 Å². The molecule has 0 aromatic heterocycles. The third-order valence-electron chi connectivity index (χ3n) is 7.49. The first-order valence-corrected chi connectivity index (χ1v) is 8.09. The zero-order valence-corrected chi connectivity index (χ0v) is 13.0. The normalized spacial score (nSPS) is 52.6. The van der Waals surface area contributed by atoms with Crippen LogP contribution in [0, 0.1) is 22.7 Å². The van der Waals surface area contributed by atoms with E-state index in [0.29, 0.717) is 16.7 Å². The van der Waals surface area contributed by atoms with E-state index in [1.54, 1.807) is 7.11 Å². The Morgan fingerprint density at radius 2 is 1.84 bits per heavy atom. The molecule has 0 saturated heterocycles. The SMILES string of the molecule is COC1CCCC(O)([C@H]2C[C@@H]3CC[C@@]2(C)C3(C)C)C1. The Morgan fingerprint density at radius 3 is 2.37 bits per heavy atom. The molecule has 0 radical (unpaired) electrons. The van der Waals surface area contributed by atoms with Gasteiger partial charge in [-0.1, -0.05) is 20.8 Å². The molecule has 5 atom stereocenters. The van der Waals surface area contributed by atoms with Crippen molar-refractivity contribution in [3.8, 4) is 0 Å². The molecule has 2 bridgehead atoms. The predicted molar refractivity (Wildman–Crippen MR) is 76.9 cm³/mol. The Balaban J connectivity index is 1.87. The summed E-state index contributed by atoms with van der Waals surface area (Å²) in [4.78, 5) is 0. The van der Waals surface area contributed by atoms with Crippen molar-refractivity contribution in [1.82, 2.24) is 0 Å². The van der Waals surface area contributed by atoms with E-state index in [9.17, 15) is 5.11 Å². The minimum atomic E-state index is -0.472. The maximum atomic E-state index is 11.3. The fourth-order valence-corrected chi connectivity index (χ4v) is 5.77. The minimum Gasteiger partial charge on any atom is -0.389 e. The summed E-state index contributed by atoms with van der Waals surface area (Å²) in [5.74, 6) is 1.29. The molecule has 0 aliphatic heterocycles. The lowest BCUT2D eigenvalue weighted by molar-refractivity contribution is -0.131. The van der Waals surface area contributed by atoms with E-state index in [2.05, 4.69) is 20.8 Å². The molecule has 19 heavy (non-hydrogen) atoms. The Hall–Kier alpha value is -0.0800. The second-order valence-corrected chi connectivity index (χ2v) is 8.22. The van der Waals surface area contributed by atoms with Gasteiger partial charge in [-0.25, -0.2) is 0 Å². The molecule has 3 rings (SSSR count). The summed E-state index contributed by atoms with van der Waals surface area (Å²) in [6, 6.07) is 0. The van der Waals surface area contributed by atoms with Crippen LogP contribution in [0.1, 0.15) is 65.7 Å². The average molecular weight is 266 g/mol. The van der Waals surface area contributed by atoms with E-state index in [1.165, 1.54) is 19.3 Å². The second kappa shape index (κ2) is 4.21. The summed E-state index contributed by atoms with van der Waals surface area (Å²) < 4.78 is 5.55. The fraction of sp³-hybridized carbons (Fsp3) is 1.00. The Morgan fingerprint density at radius 1 is 1.11 bits per heavy atom. The van der Waals surface area contributed by atoms with Crippen molar-refractivity contribution in [2.24, 2.45) is 22.7 Å². The maximum absolute atomic E-state index is 11.3. The topological polar surface area (TPSA) is 29.5 Å².